The average Bonchev–Trinajstić information content (AvgIpc) is 2.60. The third-order valence-corrected chi connectivity index (χ3v) is 5.85. The molecule has 1 aromatic carbocycles. The Hall–Kier alpha value is -1.55. The summed E-state index contributed by atoms with van der Waals surface area (Å²) < 4.78 is 37.4. The Morgan fingerprint density at radius 1 is 1.16 bits per heavy atom. The summed E-state index contributed by atoms with van der Waals surface area (Å²) in [6, 6.07) is 4.04. The van der Waals surface area contributed by atoms with Gasteiger partial charge in [-0.1, -0.05) is 0 Å². The van der Waals surface area contributed by atoms with Gasteiger partial charge in [0.1, 0.15) is 16.4 Å². The first-order valence-corrected chi connectivity index (χ1v) is 9.01. The van der Waals surface area contributed by atoms with E-state index < -0.39 is 16.1 Å². The highest BCUT2D eigenvalue weighted by atomic mass is 35.5. The van der Waals surface area contributed by atoms with E-state index in [9.17, 15) is 13.2 Å². The van der Waals surface area contributed by atoms with Gasteiger partial charge in [0.25, 0.3) is 0 Å². The second kappa shape index (κ2) is 8.70. The van der Waals surface area contributed by atoms with Crippen LogP contribution in [0, 0.1) is 0 Å². The number of rotatable bonds is 5. The number of methoxy groups -OCH3 is 2. The van der Waals surface area contributed by atoms with Gasteiger partial charge >= 0.3 is 0 Å². The van der Waals surface area contributed by atoms with Crippen LogP contribution in [0.1, 0.15) is 6.92 Å². The minimum absolute atomic E-state index is 0. The van der Waals surface area contributed by atoms with Gasteiger partial charge in [-0.15, -0.1) is 12.4 Å². The van der Waals surface area contributed by atoms with Crippen molar-refractivity contribution in [3.63, 3.8) is 0 Å². The summed E-state index contributed by atoms with van der Waals surface area (Å²) in [4.78, 5) is 13.5. The molecule has 1 fully saturated rings. The molecule has 2 rings (SSSR count). The molecule has 1 aliphatic rings. The lowest BCUT2D eigenvalue weighted by Crippen LogP contribution is -2.53. The summed E-state index contributed by atoms with van der Waals surface area (Å²) in [7, 11) is -0.862. The van der Waals surface area contributed by atoms with Gasteiger partial charge in [-0.3, -0.25) is 4.79 Å². The maximum absolute atomic E-state index is 12.9. The van der Waals surface area contributed by atoms with E-state index in [0.29, 0.717) is 18.8 Å². The van der Waals surface area contributed by atoms with Gasteiger partial charge in [0, 0.05) is 32.2 Å². The summed E-state index contributed by atoms with van der Waals surface area (Å²) in [5.41, 5.74) is 5.59. The van der Waals surface area contributed by atoms with E-state index in [4.69, 9.17) is 15.2 Å². The van der Waals surface area contributed by atoms with E-state index in [0.717, 1.165) is 0 Å². The van der Waals surface area contributed by atoms with Crippen LogP contribution in [0.15, 0.2) is 23.1 Å². The highest BCUT2D eigenvalue weighted by Crippen LogP contribution is 2.31. The average molecular weight is 394 g/mol. The molecule has 1 heterocycles. The van der Waals surface area contributed by atoms with Crippen LogP contribution in [0.2, 0.25) is 0 Å². The summed E-state index contributed by atoms with van der Waals surface area (Å²) in [6.45, 7) is 2.66. The molecule has 0 aliphatic carbocycles. The lowest BCUT2D eigenvalue weighted by Gasteiger charge is -2.35. The predicted molar refractivity (Wildman–Crippen MR) is 95.8 cm³/mol. The molecule has 8 nitrogen and oxygen atoms in total. The Labute approximate surface area is 154 Å². The number of amides is 1. The van der Waals surface area contributed by atoms with E-state index >= 15 is 0 Å². The van der Waals surface area contributed by atoms with Gasteiger partial charge in [0.15, 0.2) is 0 Å². The molecule has 0 radical (unpaired) electrons. The van der Waals surface area contributed by atoms with Gasteiger partial charge < -0.3 is 20.1 Å². The number of hydrogen-bond acceptors (Lipinski definition) is 6. The van der Waals surface area contributed by atoms with Crippen LogP contribution in [0.4, 0.5) is 0 Å². The molecule has 1 amide bonds. The highest BCUT2D eigenvalue weighted by Gasteiger charge is 2.32. The zero-order valence-electron chi connectivity index (χ0n) is 14.5. The molecule has 1 saturated heterocycles. The summed E-state index contributed by atoms with van der Waals surface area (Å²) >= 11 is 0. The zero-order valence-corrected chi connectivity index (χ0v) is 16.1. The number of halogens is 1. The van der Waals surface area contributed by atoms with Gasteiger partial charge in [-0.2, -0.15) is 4.31 Å². The molecule has 1 atom stereocenters. The van der Waals surface area contributed by atoms with Crippen LogP contribution in [0.25, 0.3) is 0 Å². The molecule has 0 saturated carbocycles. The number of nitrogens with two attached hydrogens (primary N) is 1. The maximum atomic E-state index is 12.9. The Bertz CT molecular complexity index is 703. The van der Waals surface area contributed by atoms with Crippen molar-refractivity contribution in [1.82, 2.24) is 9.21 Å². The van der Waals surface area contributed by atoms with Gasteiger partial charge in [-0.25, -0.2) is 8.42 Å². The number of carbonyl (C=O) groups excluding carboxylic acids is 1. The zero-order chi connectivity index (χ0) is 17.9. The number of piperazine rings is 1. The van der Waals surface area contributed by atoms with Crippen LogP contribution in [-0.2, 0) is 14.8 Å². The lowest BCUT2D eigenvalue weighted by molar-refractivity contribution is -0.133. The SMILES string of the molecule is COc1ccc(OC)c(S(=O)(=O)N2CCN(C(=O)C(C)N)CC2)c1.Cl. The summed E-state index contributed by atoms with van der Waals surface area (Å²) in [5, 5.41) is 0. The van der Waals surface area contributed by atoms with Gasteiger partial charge in [-0.05, 0) is 19.1 Å². The van der Waals surface area contributed by atoms with Crippen LogP contribution < -0.4 is 15.2 Å². The third-order valence-electron chi connectivity index (χ3n) is 3.93. The summed E-state index contributed by atoms with van der Waals surface area (Å²) in [6.07, 6.45) is 0. The second-order valence-electron chi connectivity index (χ2n) is 5.53. The fourth-order valence-electron chi connectivity index (χ4n) is 2.56. The standard InChI is InChI=1S/C15H23N3O5S.ClH/c1-11(16)15(19)17-6-8-18(9-7-17)24(20,21)14-10-12(22-2)4-5-13(14)23-3;/h4-5,10-11H,6-9,16H2,1-3H3;1H. The molecular weight excluding hydrogens is 370 g/mol. The monoisotopic (exact) mass is 393 g/mol. The van der Waals surface area contributed by atoms with Crippen LogP contribution in [0.3, 0.4) is 0 Å². The Kier molecular flexibility index (Phi) is 7.48. The van der Waals surface area contributed by atoms with Gasteiger partial charge in [0.2, 0.25) is 15.9 Å². The number of ether oxygens (including phenoxy) is 2. The van der Waals surface area contributed by atoms with Crippen molar-refractivity contribution in [2.45, 2.75) is 17.9 Å². The van der Waals surface area contributed by atoms with Crippen LogP contribution >= 0.6 is 12.4 Å². The molecule has 1 aromatic rings. The molecular formula is C15H24ClN3O5S. The topological polar surface area (TPSA) is 102 Å². The van der Waals surface area contributed by atoms with Crippen molar-refractivity contribution in [2.24, 2.45) is 5.73 Å². The number of carbonyl (C=O) groups is 1. The minimum Gasteiger partial charge on any atom is -0.497 e. The normalized spacial score (nSPS) is 16.7. The van der Waals surface area contributed by atoms with Crippen molar-refractivity contribution < 1.29 is 22.7 Å². The van der Waals surface area contributed by atoms with Crippen molar-refractivity contribution in [1.29, 1.82) is 0 Å². The van der Waals surface area contributed by atoms with E-state index in [1.54, 1.807) is 24.0 Å². The molecule has 1 unspecified atom stereocenters. The maximum Gasteiger partial charge on any atom is 0.247 e. The van der Waals surface area contributed by atoms with E-state index in [1.807, 2.05) is 0 Å². The fraction of sp³-hybridized carbons (Fsp3) is 0.533. The molecule has 25 heavy (non-hydrogen) atoms. The van der Waals surface area contributed by atoms with Crippen molar-refractivity contribution in [3.8, 4) is 11.5 Å². The second-order valence-corrected chi connectivity index (χ2v) is 7.44. The molecule has 0 aromatic heterocycles. The van der Waals surface area contributed by atoms with E-state index in [-0.39, 0.29) is 42.0 Å². The van der Waals surface area contributed by atoms with Gasteiger partial charge in [0.05, 0.1) is 20.3 Å². The predicted octanol–water partition coefficient (Wildman–Crippen LogP) is 0.306. The molecule has 0 bridgehead atoms. The van der Waals surface area contributed by atoms with Crippen molar-refractivity contribution in [2.75, 3.05) is 40.4 Å². The molecule has 10 heteroatoms. The first-order valence-electron chi connectivity index (χ1n) is 7.57. The molecule has 1 aliphatic heterocycles. The Morgan fingerprint density at radius 2 is 1.76 bits per heavy atom. The molecule has 2 N–H and O–H groups in total. The number of sulfonamides is 1. The third kappa shape index (κ3) is 4.55. The Balaban J connectivity index is 0.00000312. The van der Waals surface area contributed by atoms with E-state index in [2.05, 4.69) is 0 Å². The van der Waals surface area contributed by atoms with E-state index in [1.165, 1.54) is 24.6 Å². The quantitative estimate of drug-likeness (QED) is 0.772. The van der Waals surface area contributed by atoms with Crippen LogP contribution in [0.5, 0.6) is 11.5 Å². The number of nitrogens with zero attached hydrogens (tertiary/aromatic N) is 2. The fourth-order valence-corrected chi connectivity index (χ4v) is 4.15. The number of hydrogen-bond donors (Lipinski definition) is 1. The highest BCUT2D eigenvalue weighted by molar-refractivity contribution is 7.89. The first kappa shape index (κ1) is 21.5. The summed E-state index contributed by atoms with van der Waals surface area (Å²) in [5.74, 6) is 0.510. The molecule has 0 spiro atoms. The van der Waals surface area contributed by atoms with Crippen LogP contribution in [-0.4, -0.2) is 70.0 Å². The molecule has 142 valence electrons. The lowest BCUT2D eigenvalue weighted by atomic mass is 10.2. The van der Waals surface area contributed by atoms with Crippen molar-refractivity contribution in [3.05, 3.63) is 18.2 Å². The minimum atomic E-state index is -3.75. The Morgan fingerprint density at radius 3 is 2.24 bits per heavy atom. The largest absolute Gasteiger partial charge is 0.497 e. The van der Waals surface area contributed by atoms with Crippen molar-refractivity contribution >= 4 is 28.3 Å². The first-order chi connectivity index (χ1) is 11.3. The number of benzene rings is 1. The smallest absolute Gasteiger partial charge is 0.247 e.